The third kappa shape index (κ3) is 19.6. The van der Waals surface area contributed by atoms with E-state index in [1.807, 2.05) is 0 Å². The number of methoxy groups -OCH3 is 1. The molecule has 0 fully saturated rings. The van der Waals surface area contributed by atoms with Gasteiger partial charge in [-0.15, -0.1) is 0 Å². The zero-order valence-corrected chi connectivity index (χ0v) is 17.1. The molecule has 0 radical (unpaired) electrons. The van der Waals surface area contributed by atoms with Gasteiger partial charge in [0.15, 0.2) is 0 Å². The van der Waals surface area contributed by atoms with Crippen molar-refractivity contribution in [2.75, 3.05) is 7.11 Å². The Labute approximate surface area is 156 Å². The highest BCUT2D eigenvalue weighted by Gasteiger charge is 2.02. The molecule has 1 unspecified atom stereocenters. The molecule has 0 saturated heterocycles. The molecule has 0 heterocycles. The second-order valence-corrected chi connectivity index (χ2v) is 7.51. The quantitative estimate of drug-likeness (QED) is 0.210. The Hall–Kier alpha value is -0.570. The van der Waals surface area contributed by atoms with Crippen LogP contribution in [0.1, 0.15) is 122 Å². The molecular weight excluding hydrogens is 312 g/mol. The Kier molecular flexibility index (Phi) is 19.3. The number of esters is 1. The highest BCUT2D eigenvalue weighted by Crippen LogP contribution is 2.14. The Morgan fingerprint density at radius 3 is 1.52 bits per heavy atom. The van der Waals surface area contributed by atoms with Crippen LogP contribution in [0.15, 0.2) is 0 Å². The molecule has 0 spiro atoms. The van der Waals surface area contributed by atoms with Crippen LogP contribution in [0.4, 0.5) is 0 Å². The lowest BCUT2D eigenvalue weighted by Crippen LogP contribution is -2.04. The molecule has 25 heavy (non-hydrogen) atoms. The van der Waals surface area contributed by atoms with E-state index in [2.05, 4.69) is 11.7 Å². The minimum absolute atomic E-state index is 0.0575. The second kappa shape index (κ2) is 19.8. The van der Waals surface area contributed by atoms with Gasteiger partial charge >= 0.3 is 5.97 Å². The number of aliphatic hydroxyl groups is 1. The molecule has 0 aromatic carbocycles. The Morgan fingerprint density at radius 2 is 1.12 bits per heavy atom. The number of carbonyl (C=O) groups is 1. The number of carbonyl (C=O) groups excluding carboxylic acids is 1. The molecule has 0 aliphatic rings. The lowest BCUT2D eigenvalue weighted by Gasteiger charge is -2.08. The van der Waals surface area contributed by atoms with E-state index in [-0.39, 0.29) is 12.1 Å². The summed E-state index contributed by atoms with van der Waals surface area (Å²) in [6, 6.07) is 0. The van der Waals surface area contributed by atoms with E-state index in [4.69, 9.17) is 0 Å². The number of ether oxygens (including phenoxy) is 1. The van der Waals surface area contributed by atoms with Crippen molar-refractivity contribution in [3.63, 3.8) is 0 Å². The molecule has 0 aromatic rings. The fourth-order valence-electron chi connectivity index (χ4n) is 3.35. The van der Waals surface area contributed by atoms with E-state index in [1.165, 1.54) is 84.2 Å². The maximum atomic E-state index is 11.0. The van der Waals surface area contributed by atoms with Gasteiger partial charge in [0.05, 0.1) is 13.2 Å². The molecule has 0 aliphatic heterocycles. The van der Waals surface area contributed by atoms with Gasteiger partial charge in [0.1, 0.15) is 0 Å². The highest BCUT2D eigenvalue weighted by atomic mass is 16.5. The molecule has 0 bridgehead atoms. The summed E-state index contributed by atoms with van der Waals surface area (Å²) < 4.78 is 4.64. The van der Waals surface area contributed by atoms with Gasteiger partial charge in [-0.3, -0.25) is 4.79 Å². The first-order chi connectivity index (χ1) is 12.2. The first-order valence-electron chi connectivity index (χ1n) is 11.0. The summed E-state index contributed by atoms with van der Waals surface area (Å²) in [6.45, 7) is 2.14. The van der Waals surface area contributed by atoms with E-state index in [0.717, 1.165) is 32.1 Å². The largest absolute Gasteiger partial charge is 0.469 e. The van der Waals surface area contributed by atoms with E-state index in [9.17, 15) is 9.90 Å². The monoisotopic (exact) mass is 356 g/mol. The lowest BCUT2D eigenvalue weighted by atomic mass is 10.0. The van der Waals surface area contributed by atoms with Crippen LogP contribution >= 0.6 is 0 Å². The Morgan fingerprint density at radius 1 is 0.720 bits per heavy atom. The average Bonchev–Trinajstić information content (AvgIpc) is 2.61. The van der Waals surface area contributed by atoms with Crippen molar-refractivity contribution in [1.82, 2.24) is 0 Å². The van der Waals surface area contributed by atoms with Crippen molar-refractivity contribution < 1.29 is 14.6 Å². The highest BCUT2D eigenvalue weighted by molar-refractivity contribution is 5.68. The van der Waals surface area contributed by atoms with Crippen LogP contribution in [0.5, 0.6) is 0 Å². The van der Waals surface area contributed by atoms with Gasteiger partial charge in [-0.1, -0.05) is 96.8 Å². The number of unbranched alkanes of at least 4 members (excludes halogenated alkanes) is 13. The zero-order chi connectivity index (χ0) is 18.6. The van der Waals surface area contributed by atoms with Crippen molar-refractivity contribution in [2.45, 2.75) is 129 Å². The Balaban J connectivity index is 3.06. The molecule has 1 atom stereocenters. The van der Waals surface area contributed by atoms with Gasteiger partial charge in [0.25, 0.3) is 0 Å². The van der Waals surface area contributed by atoms with Crippen molar-refractivity contribution in [2.24, 2.45) is 0 Å². The predicted molar refractivity (Wildman–Crippen MR) is 107 cm³/mol. The third-order valence-electron chi connectivity index (χ3n) is 5.02. The molecular formula is C22H44O3. The van der Waals surface area contributed by atoms with Crippen LogP contribution in [0, 0.1) is 0 Å². The summed E-state index contributed by atoms with van der Waals surface area (Å²) in [5, 5.41) is 9.67. The topological polar surface area (TPSA) is 46.5 Å². The molecule has 0 aliphatic carbocycles. The fourth-order valence-corrected chi connectivity index (χ4v) is 3.35. The second-order valence-electron chi connectivity index (χ2n) is 7.51. The first-order valence-corrected chi connectivity index (χ1v) is 11.0. The van der Waals surface area contributed by atoms with Crippen LogP contribution in [-0.2, 0) is 9.53 Å². The summed E-state index contributed by atoms with van der Waals surface area (Å²) in [5.74, 6) is -0.0749. The van der Waals surface area contributed by atoms with Crippen LogP contribution in [0.2, 0.25) is 0 Å². The summed E-state index contributed by atoms with van der Waals surface area (Å²) in [7, 11) is 1.46. The molecule has 3 nitrogen and oxygen atoms in total. The molecule has 0 rings (SSSR count). The summed E-state index contributed by atoms with van der Waals surface area (Å²) in [4.78, 5) is 11.0. The summed E-state index contributed by atoms with van der Waals surface area (Å²) in [5.41, 5.74) is 0. The van der Waals surface area contributed by atoms with Crippen LogP contribution in [-0.4, -0.2) is 24.3 Å². The first kappa shape index (κ1) is 24.4. The zero-order valence-electron chi connectivity index (χ0n) is 17.1. The predicted octanol–water partition coefficient (Wildman–Crippen LogP) is 6.56. The normalized spacial score (nSPS) is 12.3. The van der Waals surface area contributed by atoms with Crippen LogP contribution in [0.3, 0.4) is 0 Å². The fraction of sp³-hybridized carbons (Fsp3) is 0.955. The van der Waals surface area contributed by atoms with Crippen molar-refractivity contribution in [3.8, 4) is 0 Å². The SMILES string of the molecule is CCCC(O)CCCCCCCCCCCCCCCCC(=O)OC. The minimum atomic E-state index is -0.0749. The summed E-state index contributed by atoms with van der Waals surface area (Å²) >= 11 is 0. The average molecular weight is 357 g/mol. The molecule has 0 aromatic heterocycles. The number of aliphatic hydroxyl groups excluding tert-OH is 1. The molecule has 3 heteroatoms. The van der Waals surface area contributed by atoms with Gasteiger partial charge in [-0.2, -0.15) is 0 Å². The van der Waals surface area contributed by atoms with Gasteiger partial charge in [0, 0.05) is 6.42 Å². The van der Waals surface area contributed by atoms with Crippen molar-refractivity contribution >= 4 is 5.97 Å². The smallest absolute Gasteiger partial charge is 0.305 e. The molecule has 150 valence electrons. The molecule has 0 saturated carbocycles. The number of hydrogen-bond donors (Lipinski definition) is 1. The van der Waals surface area contributed by atoms with Crippen molar-refractivity contribution in [1.29, 1.82) is 0 Å². The van der Waals surface area contributed by atoms with E-state index >= 15 is 0 Å². The third-order valence-corrected chi connectivity index (χ3v) is 5.02. The van der Waals surface area contributed by atoms with E-state index in [0.29, 0.717) is 6.42 Å². The number of rotatable bonds is 19. The van der Waals surface area contributed by atoms with Gasteiger partial charge < -0.3 is 9.84 Å². The van der Waals surface area contributed by atoms with E-state index in [1.54, 1.807) is 0 Å². The molecule has 1 N–H and O–H groups in total. The summed E-state index contributed by atoms with van der Waals surface area (Å²) in [6.07, 6.45) is 21.7. The van der Waals surface area contributed by atoms with Crippen LogP contribution in [0.25, 0.3) is 0 Å². The van der Waals surface area contributed by atoms with Gasteiger partial charge in [0.2, 0.25) is 0 Å². The van der Waals surface area contributed by atoms with E-state index < -0.39 is 0 Å². The maximum Gasteiger partial charge on any atom is 0.305 e. The maximum absolute atomic E-state index is 11.0. The van der Waals surface area contributed by atoms with Crippen molar-refractivity contribution in [3.05, 3.63) is 0 Å². The minimum Gasteiger partial charge on any atom is -0.469 e. The molecule has 0 amide bonds. The number of hydrogen-bond acceptors (Lipinski definition) is 3. The lowest BCUT2D eigenvalue weighted by molar-refractivity contribution is -0.140. The van der Waals surface area contributed by atoms with Gasteiger partial charge in [-0.25, -0.2) is 0 Å². The standard InChI is InChI=1S/C22H44O3/c1-3-18-21(23)19-16-14-12-10-8-6-4-5-7-9-11-13-15-17-20-22(24)25-2/h21,23H,3-20H2,1-2H3. The van der Waals surface area contributed by atoms with Crippen LogP contribution < -0.4 is 0 Å². The van der Waals surface area contributed by atoms with Gasteiger partial charge in [-0.05, 0) is 19.3 Å². The Bertz CT molecular complexity index is 278.